The van der Waals surface area contributed by atoms with E-state index in [4.69, 9.17) is 0 Å². The molecule has 3 heterocycles. The van der Waals surface area contributed by atoms with Crippen LogP contribution in [0.3, 0.4) is 0 Å². The summed E-state index contributed by atoms with van der Waals surface area (Å²) >= 11 is 0. The largest absolute Gasteiger partial charge is 0.464 e. The normalized spacial score (nSPS) is 15.8. The molecule has 0 spiro atoms. The van der Waals surface area contributed by atoms with E-state index < -0.39 is 17.8 Å². The van der Waals surface area contributed by atoms with Crippen molar-refractivity contribution in [3.8, 4) is 0 Å². The Hall–Kier alpha value is -3.62. The Morgan fingerprint density at radius 3 is 2.75 bits per heavy atom. The molecule has 2 aromatic heterocycles. The number of amides is 1. The third-order valence-corrected chi connectivity index (χ3v) is 5.38. The topological polar surface area (TPSA) is 84.4 Å². The first-order valence-corrected chi connectivity index (χ1v) is 10.2. The standard InChI is InChI=1S/C23H22F2N4O3/c1-32-22(31)19-14-16(7-10-26-19)27-21(30)17-13-15-5-2-3-6-18(15)28-20(17)29-11-4-8-23(24,25)9-12-29/h2-3,5-7,10,13-14H,4,8-9,11-12H2,1H3,(H,26,27,30). The summed E-state index contributed by atoms with van der Waals surface area (Å²) in [4.78, 5) is 35.3. The van der Waals surface area contributed by atoms with E-state index in [1.54, 1.807) is 17.0 Å². The molecule has 1 aliphatic rings. The van der Waals surface area contributed by atoms with E-state index in [0.29, 0.717) is 30.0 Å². The van der Waals surface area contributed by atoms with Gasteiger partial charge in [-0.25, -0.2) is 23.5 Å². The number of rotatable bonds is 4. The number of halogens is 2. The summed E-state index contributed by atoms with van der Waals surface area (Å²) in [5.74, 6) is -3.45. The first kappa shape index (κ1) is 21.6. The third kappa shape index (κ3) is 4.66. The minimum absolute atomic E-state index is 0.0527. The average molecular weight is 440 g/mol. The van der Waals surface area contributed by atoms with E-state index in [9.17, 15) is 18.4 Å². The van der Waals surface area contributed by atoms with Crippen molar-refractivity contribution >= 4 is 34.3 Å². The van der Waals surface area contributed by atoms with E-state index in [2.05, 4.69) is 20.0 Å². The predicted octanol–water partition coefficient (Wildman–Crippen LogP) is 4.29. The van der Waals surface area contributed by atoms with Crippen LogP contribution in [0, 0.1) is 0 Å². The first-order valence-electron chi connectivity index (χ1n) is 10.2. The molecule has 0 aliphatic carbocycles. The molecule has 1 aromatic carbocycles. The van der Waals surface area contributed by atoms with Crippen molar-refractivity contribution in [2.75, 3.05) is 30.4 Å². The predicted molar refractivity (Wildman–Crippen MR) is 116 cm³/mol. The number of carbonyl (C=O) groups is 2. The molecule has 3 aromatic rings. The highest BCUT2D eigenvalue weighted by Gasteiger charge is 2.33. The molecule has 1 saturated heterocycles. The number of aromatic nitrogens is 2. The van der Waals surface area contributed by atoms with E-state index >= 15 is 0 Å². The number of methoxy groups -OCH3 is 1. The average Bonchev–Trinajstić information content (AvgIpc) is 2.98. The van der Waals surface area contributed by atoms with Crippen LogP contribution in [-0.2, 0) is 4.74 Å². The van der Waals surface area contributed by atoms with Gasteiger partial charge >= 0.3 is 5.97 Å². The molecule has 1 N–H and O–H groups in total. The maximum Gasteiger partial charge on any atom is 0.356 e. The van der Waals surface area contributed by atoms with Gasteiger partial charge < -0.3 is 15.0 Å². The van der Waals surface area contributed by atoms with Crippen molar-refractivity contribution in [1.29, 1.82) is 0 Å². The number of benzene rings is 1. The summed E-state index contributed by atoms with van der Waals surface area (Å²) in [6.07, 6.45) is 1.20. The van der Waals surface area contributed by atoms with Crippen LogP contribution in [0.2, 0.25) is 0 Å². The quantitative estimate of drug-likeness (QED) is 0.609. The molecule has 32 heavy (non-hydrogen) atoms. The Morgan fingerprint density at radius 2 is 1.94 bits per heavy atom. The lowest BCUT2D eigenvalue weighted by Crippen LogP contribution is -2.29. The highest BCUT2D eigenvalue weighted by Crippen LogP contribution is 2.32. The van der Waals surface area contributed by atoms with Gasteiger partial charge in [0, 0.05) is 43.2 Å². The summed E-state index contributed by atoms with van der Waals surface area (Å²) in [5.41, 5.74) is 1.35. The second kappa shape index (κ2) is 8.86. The van der Waals surface area contributed by atoms with Crippen LogP contribution in [-0.4, -0.2) is 48.0 Å². The maximum atomic E-state index is 13.9. The van der Waals surface area contributed by atoms with Crippen LogP contribution in [0.25, 0.3) is 10.9 Å². The Labute approximate surface area is 183 Å². The fraction of sp³-hybridized carbons (Fsp3) is 0.304. The lowest BCUT2D eigenvalue weighted by Gasteiger charge is -2.24. The second-order valence-corrected chi connectivity index (χ2v) is 7.62. The van der Waals surface area contributed by atoms with Gasteiger partial charge in [-0.15, -0.1) is 0 Å². The Bertz CT molecular complexity index is 1170. The number of nitrogens with zero attached hydrogens (tertiary/aromatic N) is 3. The van der Waals surface area contributed by atoms with E-state index in [1.807, 2.05) is 24.3 Å². The van der Waals surface area contributed by atoms with Crippen molar-refractivity contribution < 1.29 is 23.1 Å². The van der Waals surface area contributed by atoms with E-state index in [-0.39, 0.29) is 30.6 Å². The van der Waals surface area contributed by atoms with Crippen LogP contribution in [0.1, 0.15) is 40.1 Å². The van der Waals surface area contributed by atoms with Crippen molar-refractivity contribution in [2.24, 2.45) is 0 Å². The second-order valence-electron chi connectivity index (χ2n) is 7.62. The molecule has 1 amide bonds. The number of para-hydroxylation sites is 1. The zero-order valence-electron chi connectivity index (χ0n) is 17.5. The summed E-state index contributed by atoms with van der Waals surface area (Å²) < 4.78 is 32.5. The van der Waals surface area contributed by atoms with Gasteiger partial charge in [0.05, 0.1) is 18.2 Å². The molecular weight excluding hydrogens is 418 g/mol. The number of alkyl halides is 2. The van der Waals surface area contributed by atoms with Crippen LogP contribution in [0.15, 0.2) is 48.7 Å². The summed E-state index contributed by atoms with van der Waals surface area (Å²) in [6, 6.07) is 12.0. The van der Waals surface area contributed by atoms with E-state index in [0.717, 1.165) is 5.39 Å². The number of anilines is 2. The van der Waals surface area contributed by atoms with Crippen molar-refractivity contribution in [1.82, 2.24) is 9.97 Å². The fourth-order valence-corrected chi connectivity index (χ4v) is 3.71. The monoisotopic (exact) mass is 440 g/mol. The number of nitrogens with one attached hydrogen (secondary N) is 1. The number of hydrogen-bond donors (Lipinski definition) is 1. The summed E-state index contributed by atoms with van der Waals surface area (Å²) in [7, 11) is 1.24. The Kier molecular flexibility index (Phi) is 5.98. The van der Waals surface area contributed by atoms with E-state index in [1.165, 1.54) is 19.4 Å². The molecule has 9 heteroatoms. The van der Waals surface area contributed by atoms with Crippen LogP contribution in [0.4, 0.5) is 20.3 Å². The number of carbonyl (C=O) groups excluding carboxylic acids is 2. The minimum Gasteiger partial charge on any atom is -0.464 e. The molecule has 0 unspecified atom stereocenters. The number of pyridine rings is 2. The number of hydrogen-bond acceptors (Lipinski definition) is 6. The third-order valence-electron chi connectivity index (χ3n) is 5.38. The van der Waals surface area contributed by atoms with Crippen molar-refractivity contribution in [3.05, 3.63) is 59.9 Å². The van der Waals surface area contributed by atoms with Crippen molar-refractivity contribution in [3.63, 3.8) is 0 Å². The van der Waals surface area contributed by atoms with Crippen molar-refractivity contribution in [2.45, 2.75) is 25.2 Å². The zero-order valence-corrected chi connectivity index (χ0v) is 17.5. The summed E-state index contributed by atoms with van der Waals surface area (Å²) in [5, 5.41) is 3.51. The fourth-order valence-electron chi connectivity index (χ4n) is 3.71. The lowest BCUT2D eigenvalue weighted by atomic mass is 10.1. The SMILES string of the molecule is COC(=O)c1cc(NC(=O)c2cc3ccccc3nc2N2CCCC(F)(F)CC2)ccn1. The molecule has 7 nitrogen and oxygen atoms in total. The van der Waals surface area contributed by atoms with Gasteiger partial charge in [0.2, 0.25) is 5.92 Å². The number of fused-ring (bicyclic) bond motifs is 1. The zero-order chi connectivity index (χ0) is 22.7. The molecule has 0 atom stereocenters. The molecular formula is C23H22F2N4O3. The van der Waals surface area contributed by atoms with Gasteiger partial charge in [-0.1, -0.05) is 18.2 Å². The van der Waals surface area contributed by atoms with Crippen LogP contribution >= 0.6 is 0 Å². The Morgan fingerprint density at radius 1 is 1.12 bits per heavy atom. The molecule has 1 fully saturated rings. The molecule has 4 rings (SSSR count). The van der Waals surface area contributed by atoms with Gasteiger partial charge in [-0.3, -0.25) is 4.79 Å². The van der Waals surface area contributed by atoms with Gasteiger partial charge in [0.25, 0.3) is 5.91 Å². The molecule has 0 radical (unpaired) electrons. The van der Waals surface area contributed by atoms with Crippen LogP contribution < -0.4 is 10.2 Å². The van der Waals surface area contributed by atoms with Gasteiger partial charge in [-0.05, 0) is 30.7 Å². The van der Waals surface area contributed by atoms with Crippen LogP contribution in [0.5, 0.6) is 0 Å². The van der Waals surface area contributed by atoms with Gasteiger partial charge in [0.15, 0.2) is 0 Å². The van der Waals surface area contributed by atoms with Gasteiger partial charge in [0.1, 0.15) is 11.5 Å². The first-order chi connectivity index (χ1) is 15.4. The van der Waals surface area contributed by atoms with Gasteiger partial charge in [-0.2, -0.15) is 0 Å². The smallest absolute Gasteiger partial charge is 0.356 e. The lowest BCUT2D eigenvalue weighted by molar-refractivity contribution is -0.0102. The molecule has 0 bridgehead atoms. The highest BCUT2D eigenvalue weighted by atomic mass is 19.3. The number of esters is 1. The number of ether oxygens (including phenoxy) is 1. The molecule has 1 aliphatic heterocycles. The Balaban J connectivity index is 1.70. The molecule has 0 saturated carbocycles. The minimum atomic E-state index is -2.73. The highest BCUT2D eigenvalue weighted by molar-refractivity contribution is 6.09. The molecule has 166 valence electrons. The maximum absolute atomic E-state index is 13.9. The summed E-state index contributed by atoms with van der Waals surface area (Å²) in [6.45, 7) is 0.476.